The maximum Gasteiger partial charge on any atom is 0.268 e. The van der Waals surface area contributed by atoms with Crippen molar-refractivity contribution in [3.8, 4) is 0 Å². The molecule has 3 aromatic rings. The molecule has 1 N–H and O–H groups in total. The molecule has 22 heavy (non-hydrogen) atoms. The van der Waals surface area contributed by atoms with Crippen LogP contribution in [0.2, 0.25) is 0 Å². The van der Waals surface area contributed by atoms with E-state index in [1.54, 1.807) is 23.9 Å². The van der Waals surface area contributed by atoms with Gasteiger partial charge in [0.25, 0.3) is 5.56 Å². The zero-order chi connectivity index (χ0) is 15.5. The number of aryl methyl sites for hydroxylation is 1. The van der Waals surface area contributed by atoms with Crippen LogP contribution in [-0.2, 0) is 0 Å². The summed E-state index contributed by atoms with van der Waals surface area (Å²) in [4.78, 5) is 21.6. The first-order valence-electron chi connectivity index (χ1n) is 6.99. The van der Waals surface area contributed by atoms with Crippen LogP contribution in [0.5, 0.6) is 0 Å². The van der Waals surface area contributed by atoms with Gasteiger partial charge in [-0.15, -0.1) is 0 Å². The van der Waals surface area contributed by atoms with Crippen LogP contribution >= 0.6 is 0 Å². The molecular weight excluding hydrogens is 276 g/mol. The minimum absolute atomic E-state index is 0.141. The molecule has 110 valence electrons. The minimum Gasteiger partial charge on any atom is -0.372 e. The molecule has 0 amide bonds. The van der Waals surface area contributed by atoms with Crippen LogP contribution in [0.3, 0.4) is 0 Å². The Morgan fingerprint density at radius 3 is 2.68 bits per heavy atom. The highest BCUT2D eigenvalue weighted by molar-refractivity contribution is 5.88. The van der Waals surface area contributed by atoms with Crippen molar-refractivity contribution in [1.29, 1.82) is 0 Å². The lowest BCUT2D eigenvalue weighted by atomic mass is 10.2. The first-order valence-corrected chi connectivity index (χ1v) is 6.99. The molecule has 2 aromatic heterocycles. The second-order valence-electron chi connectivity index (χ2n) is 4.91. The Bertz CT molecular complexity index is 898. The number of fused-ring (bicyclic) bond motifs is 1. The SMILES string of the molecule is CNc1nc2c(C)cccn2c(=O)c1C=Nc1ccccc1. The average Bonchev–Trinajstić information content (AvgIpc) is 2.55. The molecule has 0 unspecified atom stereocenters. The molecule has 5 nitrogen and oxygen atoms in total. The zero-order valence-electron chi connectivity index (χ0n) is 12.4. The van der Waals surface area contributed by atoms with Gasteiger partial charge in [-0.3, -0.25) is 14.2 Å². The monoisotopic (exact) mass is 292 g/mol. The number of hydrogen-bond acceptors (Lipinski definition) is 4. The van der Waals surface area contributed by atoms with Crippen molar-refractivity contribution >= 4 is 23.4 Å². The van der Waals surface area contributed by atoms with Crippen LogP contribution in [-0.4, -0.2) is 22.6 Å². The summed E-state index contributed by atoms with van der Waals surface area (Å²) in [6.07, 6.45) is 3.28. The highest BCUT2D eigenvalue weighted by Gasteiger charge is 2.11. The Kier molecular flexibility index (Phi) is 3.70. The smallest absolute Gasteiger partial charge is 0.268 e. The first-order chi connectivity index (χ1) is 10.7. The molecule has 0 radical (unpaired) electrons. The molecule has 0 spiro atoms. The molecule has 0 saturated carbocycles. The maximum atomic E-state index is 12.7. The summed E-state index contributed by atoms with van der Waals surface area (Å²) in [5.74, 6) is 0.527. The van der Waals surface area contributed by atoms with E-state index in [1.165, 1.54) is 0 Å². The van der Waals surface area contributed by atoms with E-state index in [4.69, 9.17) is 0 Å². The third kappa shape index (κ3) is 2.48. The number of para-hydroxylation sites is 1. The lowest BCUT2D eigenvalue weighted by Crippen LogP contribution is -2.22. The molecule has 0 atom stereocenters. The molecule has 0 bridgehead atoms. The fourth-order valence-corrected chi connectivity index (χ4v) is 2.27. The molecule has 3 rings (SSSR count). The molecule has 5 heteroatoms. The predicted octanol–water partition coefficient (Wildman–Crippen LogP) is 2.80. The summed E-state index contributed by atoms with van der Waals surface area (Å²) in [7, 11) is 1.75. The summed E-state index contributed by atoms with van der Waals surface area (Å²) in [6.45, 7) is 1.93. The van der Waals surface area contributed by atoms with Crippen molar-refractivity contribution < 1.29 is 0 Å². The fourth-order valence-electron chi connectivity index (χ4n) is 2.27. The molecule has 0 aliphatic rings. The molecule has 0 fully saturated rings. The summed E-state index contributed by atoms with van der Waals surface area (Å²) in [6, 6.07) is 13.3. The molecule has 0 saturated heterocycles. The van der Waals surface area contributed by atoms with Gasteiger partial charge in [-0.2, -0.15) is 0 Å². The van der Waals surface area contributed by atoms with Crippen molar-refractivity contribution in [2.75, 3.05) is 12.4 Å². The van der Waals surface area contributed by atoms with E-state index in [0.717, 1.165) is 11.3 Å². The van der Waals surface area contributed by atoms with E-state index in [-0.39, 0.29) is 5.56 Å². The van der Waals surface area contributed by atoms with Gasteiger partial charge in [0.2, 0.25) is 0 Å². The first kappa shape index (κ1) is 14.0. The second kappa shape index (κ2) is 5.81. The molecule has 2 heterocycles. The number of nitrogens with zero attached hydrogens (tertiary/aromatic N) is 3. The number of aliphatic imine (C=N–C) groups is 1. The lowest BCUT2D eigenvalue weighted by Gasteiger charge is -2.08. The topological polar surface area (TPSA) is 58.8 Å². The average molecular weight is 292 g/mol. The number of pyridine rings is 1. The predicted molar refractivity (Wildman–Crippen MR) is 89.4 cm³/mol. The Balaban J connectivity index is 2.19. The van der Waals surface area contributed by atoms with Gasteiger partial charge in [0.1, 0.15) is 17.0 Å². The molecule has 0 aliphatic carbocycles. The number of aromatic nitrogens is 2. The Hall–Kier alpha value is -2.95. The summed E-state index contributed by atoms with van der Waals surface area (Å²) >= 11 is 0. The summed E-state index contributed by atoms with van der Waals surface area (Å²) in [5, 5.41) is 2.98. The largest absolute Gasteiger partial charge is 0.372 e. The van der Waals surface area contributed by atoms with Crippen LogP contribution in [0.1, 0.15) is 11.1 Å². The fraction of sp³-hybridized carbons (Fsp3) is 0.118. The van der Waals surface area contributed by atoms with E-state index in [0.29, 0.717) is 17.0 Å². The second-order valence-corrected chi connectivity index (χ2v) is 4.91. The normalized spacial score (nSPS) is 11.2. The van der Waals surface area contributed by atoms with Gasteiger partial charge in [-0.05, 0) is 30.7 Å². The maximum absolute atomic E-state index is 12.7. The van der Waals surface area contributed by atoms with E-state index in [2.05, 4.69) is 15.3 Å². The van der Waals surface area contributed by atoms with E-state index >= 15 is 0 Å². The number of rotatable bonds is 3. The van der Waals surface area contributed by atoms with Crippen molar-refractivity contribution in [1.82, 2.24) is 9.38 Å². The van der Waals surface area contributed by atoms with Crippen LogP contribution in [0, 0.1) is 6.92 Å². The van der Waals surface area contributed by atoms with E-state index in [9.17, 15) is 4.79 Å². The van der Waals surface area contributed by atoms with E-state index < -0.39 is 0 Å². The Morgan fingerprint density at radius 1 is 1.18 bits per heavy atom. The lowest BCUT2D eigenvalue weighted by molar-refractivity contribution is 1.03. The number of anilines is 1. The third-order valence-electron chi connectivity index (χ3n) is 3.42. The Morgan fingerprint density at radius 2 is 1.95 bits per heavy atom. The highest BCUT2D eigenvalue weighted by Crippen LogP contribution is 2.14. The molecule has 0 aliphatic heterocycles. The van der Waals surface area contributed by atoms with Gasteiger partial charge in [0, 0.05) is 19.5 Å². The minimum atomic E-state index is -0.141. The number of nitrogens with one attached hydrogen (secondary N) is 1. The summed E-state index contributed by atoms with van der Waals surface area (Å²) in [5.41, 5.74) is 2.68. The van der Waals surface area contributed by atoms with Crippen molar-refractivity contribution in [2.24, 2.45) is 4.99 Å². The van der Waals surface area contributed by atoms with Crippen LogP contribution in [0.4, 0.5) is 11.5 Å². The van der Waals surface area contributed by atoms with Gasteiger partial charge in [-0.25, -0.2) is 4.98 Å². The van der Waals surface area contributed by atoms with Gasteiger partial charge < -0.3 is 5.32 Å². The van der Waals surface area contributed by atoms with Crippen molar-refractivity contribution in [3.05, 3.63) is 70.1 Å². The van der Waals surface area contributed by atoms with Gasteiger partial charge in [0.05, 0.1) is 5.69 Å². The van der Waals surface area contributed by atoms with Crippen LogP contribution in [0.15, 0.2) is 58.4 Å². The van der Waals surface area contributed by atoms with Gasteiger partial charge in [0.15, 0.2) is 0 Å². The zero-order valence-corrected chi connectivity index (χ0v) is 12.4. The highest BCUT2D eigenvalue weighted by atomic mass is 16.1. The quantitative estimate of drug-likeness (QED) is 0.755. The third-order valence-corrected chi connectivity index (χ3v) is 3.42. The molecule has 1 aromatic carbocycles. The van der Waals surface area contributed by atoms with Gasteiger partial charge in [-0.1, -0.05) is 24.3 Å². The van der Waals surface area contributed by atoms with Crippen LogP contribution < -0.4 is 10.9 Å². The van der Waals surface area contributed by atoms with Crippen LogP contribution in [0.25, 0.3) is 5.65 Å². The summed E-state index contributed by atoms with van der Waals surface area (Å²) < 4.78 is 1.54. The standard InChI is InChI=1S/C17H16N4O/c1-12-7-6-10-21-16(12)20-15(18-2)14(17(21)22)11-19-13-8-4-3-5-9-13/h3-11,18H,1-2H3. The molecular formula is C17H16N4O. The van der Waals surface area contributed by atoms with E-state index in [1.807, 2.05) is 49.4 Å². The van der Waals surface area contributed by atoms with Gasteiger partial charge >= 0.3 is 0 Å². The van der Waals surface area contributed by atoms with Crippen molar-refractivity contribution in [3.63, 3.8) is 0 Å². The number of benzene rings is 1. The van der Waals surface area contributed by atoms with Crippen molar-refractivity contribution in [2.45, 2.75) is 6.92 Å². The Labute approximate surface area is 128 Å². The number of hydrogen-bond donors (Lipinski definition) is 1.